The Morgan fingerprint density at radius 3 is 1.65 bits per heavy atom. The molecule has 0 unspecified atom stereocenters. The largest absolute Gasteiger partial charge is 0.494 e. The minimum absolute atomic E-state index is 0.277. The maximum Gasteiger partial charge on any atom is 0.494 e. The fourth-order valence-corrected chi connectivity index (χ4v) is 7.86. The molecule has 1 N–H and O–H groups in total. The second-order valence-corrected chi connectivity index (χ2v) is 17.5. The van der Waals surface area contributed by atoms with E-state index in [0.717, 1.165) is 30.2 Å². The van der Waals surface area contributed by atoms with Crippen molar-refractivity contribution in [1.29, 1.82) is 0 Å². The van der Waals surface area contributed by atoms with Crippen molar-refractivity contribution in [2.45, 2.75) is 109 Å². The zero-order chi connectivity index (χ0) is 40.7. The molecule has 0 radical (unpaired) electrons. The van der Waals surface area contributed by atoms with E-state index in [2.05, 4.69) is 5.32 Å². The molecule has 14 heteroatoms. The smallest absolute Gasteiger partial charge is 0.456 e. The number of hydrogen-bond acceptors (Lipinski definition) is 10. The Morgan fingerprint density at radius 1 is 0.632 bits per heavy atom. The number of esters is 1. The number of amides is 3. The molecule has 5 aliphatic heterocycles. The molecular weight excluding hydrogens is 726 g/mol. The van der Waals surface area contributed by atoms with Crippen LogP contribution in [0.4, 0.5) is 0 Å². The van der Waals surface area contributed by atoms with Gasteiger partial charge in [-0.25, -0.2) is 4.79 Å². The van der Waals surface area contributed by atoms with Crippen molar-refractivity contribution in [3.8, 4) is 11.5 Å². The number of rotatable bonds is 10. The van der Waals surface area contributed by atoms with Gasteiger partial charge in [-0.2, -0.15) is 0 Å². The van der Waals surface area contributed by atoms with E-state index in [0.29, 0.717) is 53.3 Å². The van der Waals surface area contributed by atoms with Crippen molar-refractivity contribution in [2.75, 3.05) is 13.1 Å². The quantitative estimate of drug-likeness (QED) is 0.129. The molecule has 5 heterocycles. The maximum absolute atomic E-state index is 13.9. The van der Waals surface area contributed by atoms with Crippen LogP contribution in [0.1, 0.15) is 118 Å². The van der Waals surface area contributed by atoms with Gasteiger partial charge in [0, 0.05) is 47.5 Å². The highest BCUT2D eigenvalue weighted by Crippen LogP contribution is 2.56. The molecule has 12 nitrogen and oxygen atoms in total. The average molecular weight is 774 g/mol. The third kappa shape index (κ3) is 6.50. The van der Waals surface area contributed by atoms with Crippen LogP contribution in [-0.4, -0.2) is 78.3 Å². The Balaban J connectivity index is 1.06. The van der Waals surface area contributed by atoms with Gasteiger partial charge in [-0.1, -0.05) is 43.2 Å². The average Bonchev–Trinajstić information content (AvgIpc) is 3.78. The summed E-state index contributed by atoms with van der Waals surface area (Å²) in [7, 11) is -1.30. The summed E-state index contributed by atoms with van der Waals surface area (Å²) in [5, 5.41) is 2.96. The summed E-state index contributed by atoms with van der Waals surface area (Å²) in [5.41, 5.74) is 0.350. The summed E-state index contributed by atoms with van der Waals surface area (Å²) < 4.78 is 38.7. The van der Waals surface area contributed by atoms with Crippen LogP contribution in [0.5, 0.6) is 11.5 Å². The summed E-state index contributed by atoms with van der Waals surface area (Å²) in [5.74, 6) is -0.481. The highest BCUT2D eigenvalue weighted by molar-refractivity contribution is 6.62. The van der Waals surface area contributed by atoms with E-state index < -0.39 is 48.2 Å². The predicted octanol–water partition coefficient (Wildman–Crippen LogP) is 5.07. The number of benzene rings is 3. The van der Waals surface area contributed by atoms with Crippen molar-refractivity contribution >= 4 is 48.9 Å². The molecule has 3 aromatic carbocycles. The van der Waals surface area contributed by atoms with Gasteiger partial charge in [0.1, 0.15) is 11.5 Å². The molecule has 57 heavy (non-hydrogen) atoms. The first-order valence-electron chi connectivity index (χ1n) is 19.7. The standard InChI is InChI=1S/C43H48B2N2O10/c1-39(2)40(3,4)55-44(54-39)27-14-17-31-33(24-27)52-34-25-28(45-56-41(5,6)42(7,8)57-45)15-18-32(34)43(31)30-16-13-26(23-29(30)38(51)53-43)37(50)46-21-11-9-10-12-22-47-35(48)19-20-36(47)49/h13-20,23-25H,9-12,21-22H2,1-8H3,(H,46,50). The fourth-order valence-electron chi connectivity index (χ4n) is 7.86. The molecule has 3 aromatic rings. The van der Waals surface area contributed by atoms with E-state index in [1.165, 1.54) is 17.1 Å². The van der Waals surface area contributed by atoms with Crippen molar-refractivity contribution in [3.63, 3.8) is 0 Å². The van der Waals surface area contributed by atoms with E-state index in [9.17, 15) is 19.2 Å². The Bertz CT molecular complexity index is 2090. The lowest BCUT2D eigenvalue weighted by Gasteiger charge is -2.37. The van der Waals surface area contributed by atoms with Gasteiger partial charge in [-0.15, -0.1) is 0 Å². The Labute approximate surface area is 333 Å². The van der Waals surface area contributed by atoms with Gasteiger partial charge in [0.25, 0.3) is 17.7 Å². The molecule has 5 aliphatic rings. The van der Waals surface area contributed by atoms with Gasteiger partial charge in [0.15, 0.2) is 5.60 Å². The van der Waals surface area contributed by atoms with Crippen LogP contribution < -0.4 is 21.0 Å². The van der Waals surface area contributed by atoms with Crippen molar-refractivity contribution in [1.82, 2.24) is 10.2 Å². The SMILES string of the molecule is CC1(C)OB(c2ccc3c(c2)Oc2cc(B4OC(C)(C)C(C)(C)O4)ccc2C32OC(=O)c3cc(C(=O)NCCCCCCN4C(=O)C=CC4=O)ccc32)OC1(C)C. The second-order valence-electron chi connectivity index (χ2n) is 17.5. The van der Waals surface area contributed by atoms with Crippen LogP contribution in [0, 0.1) is 0 Å². The monoisotopic (exact) mass is 774 g/mol. The number of nitrogens with zero attached hydrogens (tertiary/aromatic N) is 1. The van der Waals surface area contributed by atoms with E-state index in [1.807, 2.05) is 91.8 Å². The third-order valence-electron chi connectivity index (χ3n) is 12.7. The van der Waals surface area contributed by atoms with Crippen molar-refractivity contribution < 1.29 is 47.3 Å². The highest BCUT2D eigenvalue weighted by atomic mass is 16.7. The normalized spacial score (nSPS) is 21.4. The number of fused-ring (bicyclic) bond motifs is 6. The Hall–Kier alpha value is -4.75. The second kappa shape index (κ2) is 13.7. The van der Waals surface area contributed by atoms with Crippen LogP contribution >= 0.6 is 0 Å². The van der Waals surface area contributed by atoms with Crippen LogP contribution in [-0.2, 0) is 38.5 Å². The molecule has 0 aliphatic carbocycles. The zero-order valence-electron chi connectivity index (χ0n) is 33.8. The molecule has 0 aromatic heterocycles. The van der Waals surface area contributed by atoms with Gasteiger partial charge in [0.2, 0.25) is 0 Å². The van der Waals surface area contributed by atoms with Crippen molar-refractivity contribution in [3.05, 3.63) is 94.6 Å². The zero-order valence-corrected chi connectivity index (χ0v) is 33.8. The van der Waals surface area contributed by atoms with Crippen LogP contribution in [0.25, 0.3) is 0 Å². The molecule has 3 amide bonds. The van der Waals surface area contributed by atoms with E-state index in [-0.39, 0.29) is 23.3 Å². The number of carbonyl (C=O) groups excluding carboxylic acids is 4. The molecule has 0 atom stereocenters. The number of hydrogen-bond donors (Lipinski definition) is 1. The summed E-state index contributed by atoms with van der Waals surface area (Å²) in [6.45, 7) is 16.8. The van der Waals surface area contributed by atoms with Gasteiger partial charge in [0.05, 0.1) is 28.0 Å². The van der Waals surface area contributed by atoms with E-state index >= 15 is 0 Å². The number of carbonyl (C=O) groups is 4. The lowest BCUT2D eigenvalue weighted by Crippen LogP contribution is -2.41. The highest BCUT2D eigenvalue weighted by Gasteiger charge is 2.57. The molecule has 8 rings (SSSR count). The van der Waals surface area contributed by atoms with Gasteiger partial charge >= 0.3 is 20.2 Å². The van der Waals surface area contributed by atoms with Gasteiger partial charge in [-0.3, -0.25) is 19.3 Å². The first-order chi connectivity index (χ1) is 26.8. The third-order valence-corrected chi connectivity index (χ3v) is 12.7. The lowest BCUT2D eigenvalue weighted by atomic mass is 9.72. The molecule has 0 bridgehead atoms. The maximum atomic E-state index is 13.9. The van der Waals surface area contributed by atoms with E-state index in [1.54, 1.807) is 18.2 Å². The van der Waals surface area contributed by atoms with Crippen LogP contribution in [0.15, 0.2) is 66.7 Å². The minimum Gasteiger partial charge on any atom is -0.456 e. The number of imide groups is 1. The molecular formula is C43H48B2N2O10. The fraction of sp³-hybridized carbons (Fsp3) is 0.442. The van der Waals surface area contributed by atoms with E-state index in [4.69, 9.17) is 28.1 Å². The van der Waals surface area contributed by atoms with Crippen LogP contribution in [0.2, 0.25) is 0 Å². The van der Waals surface area contributed by atoms with Crippen LogP contribution in [0.3, 0.4) is 0 Å². The summed E-state index contributed by atoms with van der Waals surface area (Å²) in [6, 6.07) is 16.4. The first-order valence-corrected chi connectivity index (χ1v) is 19.7. The minimum atomic E-state index is -1.38. The van der Waals surface area contributed by atoms with Gasteiger partial charge in [-0.05, 0) is 103 Å². The topological polar surface area (TPSA) is 139 Å². The first kappa shape index (κ1) is 39.1. The predicted molar refractivity (Wildman–Crippen MR) is 213 cm³/mol. The molecule has 1 spiro atoms. The summed E-state index contributed by atoms with van der Waals surface area (Å²) in [6.07, 6.45) is 5.61. The molecule has 2 saturated heterocycles. The number of unbranched alkanes of at least 4 members (excludes halogenated alkanes) is 3. The summed E-state index contributed by atoms with van der Waals surface area (Å²) in [4.78, 5) is 52.0. The molecule has 296 valence electrons. The van der Waals surface area contributed by atoms with Crippen molar-refractivity contribution in [2.24, 2.45) is 0 Å². The molecule has 2 fully saturated rings. The number of ether oxygens (including phenoxy) is 2. The number of nitrogens with one attached hydrogen (secondary N) is 1. The summed E-state index contributed by atoms with van der Waals surface area (Å²) >= 11 is 0. The molecule has 0 saturated carbocycles. The van der Waals surface area contributed by atoms with Gasteiger partial charge < -0.3 is 33.4 Å². The Morgan fingerprint density at radius 2 is 1.12 bits per heavy atom. The lowest BCUT2D eigenvalue weighted by molar-refractivity contribution is -0.136. The Kier molecular flexibility index (Phi) is 9.38.